The van der Waals surface area contributed by atoms with E-state index in [0.717, 1.165) is 12.8 Å². The van der Waals surface area contributed by atoms with Gasteiger partial charge in [0.15, 0.2) is 0 Å². The van der Waals surface area contributed by atoms with Crippen molar-refractivity contribution in [3.63, 3.8) is 0 Å². The molecule has 1 aromatic carbocycles. The first kappa shape index (κ1) is 22.7. The fourth-order valence-electron chi connectivity index (χ4n) is 5.42. The fourth-order valence-corrected chi connectivity index (χ4v) is 5.42. The van der Waals surface area contributed by atoms with Crippen LogP contribution in [-0.4, -0.2) is 50.3 Å². The highest BCUT2D eigenvalue weighted by Gasteiger charge is 2.37. The van der Waals surface area contributed by atoms with Gasteiger partial charge in [-0.05, 0) is 58.7 Å². The highest BCUT2D eigenvalue weighted by atomic mass is 19.1. The lowest BCUT2D eigenvalue weighted by Gasteiger charge is -2.47. The number of benzene rings is 1. The number of hydrogen-bond acceptors (Lipinski definition) is 5. The Morgan fingerprint density at radius 1 is 1.15 bits per heavy atom. The second kappa shape index (κ2) is 8.94. The van der Waals surface area contributed by atoms with Crippen molar-refractivity contribution in [3.05, 3.63) is 58.7 Å². The molecule has 2 aliphatic rings. The molecular formula is C25H29F2N5O2. The zero-order valence-corrected chi connectivity index (χ0v) is 19.6. The molecule has 3 aromatic rings. The third kappa shape index (κ3) is 4.13. The normalized spacial score (nSPS) is 22.7. The van der Waals surface area contributed by atoms with E-state index < -0.39 is 11.6 Å². The minimum absolute atomic E-state index is 0.117. The number of aromatic nitrogens is 3. The Morgan fingerprint density at radius 2 is 1.82 bits per heavy atom. The molecule has 180 valence electrons. The number of rotatable bonds is 5. The van der Waals surface area contributed by atoms with Gasteiger partial charge in [-0.2, -0.15) is 0 Å². The molecule has 2 atom stereocenters. The second-order valence-electron chi connectivity index (χ2n) is 9.46. The second-order valence-corrected chi connectivity index (χ2v) is 9.46. The fraction of sp³-hybridized carbons (Fsp3) is 0.480. The summed E-state index contributed by atoms with van der Waals surface area (Å²) in [5, 5.41) is 3.23. The number of piperidine rings is 2. The maximum atomic E-state index is 14.0. The Kier molecular flexibility index (Phi) is 5.97. The lowest BCUT2D eigenvalue weighted by molar-refractivity contribution is 0.0461. The Hall–Kier alpha value is -3.07. The molecule has 7 nitrogen and oxygen atoms in total. The summed E-state index contributed by atoms with van der Waals surface area (Å²) in [6.07, 6.45) is 7.20. The van der Waals surface area contributed by atoms with Crippen LogP contribution in [0.3, 0.4) is 0 Å². The van der Waals surface area contributed by atoms with Gasteiger partial charge in [-0.1, -0.05) is 12.5 Å². The van der Waals surface area contributed by atoms with Gasteiger partial charge < -0.3 is 15.0 Å². The van der Waals surface area contributed by atoms with Crippen molar-refractivity contribution in [3.8, 4) is 5.88 Å². The molecule has 2 saturated heterocycles. The molecule has 2 fully saturated rings. The number of ether oxygens (including phenoxy) is 1. The van der Waals surface area contributed by atoms with E-state index in [0.29, 0.717) is 34.8 Å². The van der Waals surface area contributed by atoms with E-state index in [2.05, 4.69) is 27.2 Å². The highest BCUT2D eigenvalue weighted by molar-refractivity contribution is 5.95. The van der Waals surface area contributed by atoms with Crippen LogP contribution in [0.4, 0.5) is 8.78 Å². The number of halogens is 2. The summed E-state index contributed by atoms with van der Waals surface area (Å²) in [6, 6.07) is 4.79. The first-order valence-electron chi connectivity index (χ1n) is 11.8. The lowest BCUT2D eigenvalue weighted by atomic mass is 9.82. The first-order chi connectivity index (χ1) is 16.3. The first-order valence-corrected chi connectivity index (χ1v) is 11.8. The minimum Gasteiger partial charge on any atom is -0.470 e. The quantitative estimate of drug-likeness (QED) is 0.613. The molecule has 0 radical (unpaired) electrons. The molecular weight excluding hydrogens is 440 g/mol. The number of carbonyl (C=O) groups is 1. The van der Waals surface area contributed by atoms with Crippen molar-refractivity contribution < 1.29 is 18.3 Å². The van der Waals surface area contributed by atoms with Crippen LogP contribution >= 0.6 is 0 Å². The van der Waals surface area contributed by atoms with Gasteiger partial charge in [0.2, 0.25) is 5.65 Å². The van der Waals surface area contributed by atoms with Crippen LogP contribution in [0.1, 0.15) is 59.5 Å². The molecule has 9 heteroatoms. The molecule has 0 aliphatic carbocycles. The summed E-state index contributed by atoms with van der Waals surface area (Å²) in [4.78, 5) is 24.7. The highest BCUT2D eigenvalue weighted by Crippen LogP contribution is 2.33. The van der Waals surface area contributed by atoms with Gasteiger partial charge in [0, 0.05) is 24.3 Å². The van der Waals surface area contributed by atoms with E-state index in [1.807, 2.05) is 0 Å². The number of fused-ring (bicyclic) bond motifs is 3. The number of nitrogens with one attached hydrogen (secondary N) is 1. The summed E-state index contributed by atoms with van der Waals surface area (Å²) < 4.78 is 35.4. The molecule has 0 spiro atoms. The van der Waals surface area contributed by atoms with Crippen molar-refractivity contribution in [2.24, 2.45) is 0 Å². The maximum absolute atomic E-state index is 14.0. The number of hydrogen-bond donors (Lipinski definition) is 1. The Morgan fingerprint density at radius 3 is 2.50 bits per heavy atom. The number of nitrogens with zero attached hydrogens (tertiary/aromatic N) is 4. The van der Waals surface area contributed by atoms with Gasteiger partial charge in [-0.3, -0.25) is 9.20 Å². The smallest absolute Gasteiger partial charge is 0.270 e. The molecule has 1 N–H and O–H groups in total. The van der Waals surface area contributed by atoms with Crippen LogP contribution in [0.25, 0.3) is 5.65 Å². The Bertz CT molecular complexity index is 1210. The van der Waals surface area contributed by atoms with Crippen molar-refractivity contribution in [2.75, 3.05) is 7.05 Å². The molecule has 2 aliphatic heterocycles. The average molecular weight is 470 g/mol. The number of aryl methyl sites for hydroxylation is 2. The molecule has 34 heavy (non-hydrogen) atoms. The minimum atomic E-state index is -0.689. The number of amides is 1. The van der Waals surface area contributed by atoms with Gasteiger partial charge in [-0.15, -0.1) is 0 Å². The van der Waals surface area contributed by atoms with E-state index in [1.165, 1.54) is 37.5 Å². The number of imidazole rings is 1. The third-order valence-corrected chi connectivity index (χ3v) is 7.18. The van der Waals surface area contributed by atoms with Gasteiger partial charge in [0.05, 0.1) is 17.0 Å². The van der Waals surface area contributed by atoms with Crippen molar-refractivity contribution in [1.82, 2.24) is 24.6 Å². The number of carbonyl (C=O) groups excluding carboxylic acids is 1. The zero-order chi connectivity index (χ0) is 24.0. The Balaban J connectivity index is 1.40. The predicted octanol–water partition coefficient (Wildman–Crippen LogP) is 3.95. The predicted molar refractivity (Wildman–Crippen MR) is 123 cm³/mol. The van der Waals surface area contributed by atoms with E-state index in [-0.39, 0.29) is 30.0 Å². The van der Waals surface area contributed by atoms with Crippen LogP contribution in [0, 0.1) is 25.5 Å². The molecule has 4 heterocycles. The van der Waals surface area contributed by atoms with E-state index in [4.69, 9.17) is 4.74 Å². The lowest BCUT2D eigenvalue weighted by Crippen LogP contribution is -2.55. The van der Waals surface area contributed by atoms with Crippen LogP contribution in [0.15, 0.2) is 24.4 Å². The van der Waals surface area contributed by atoms with Crippen LogP contribution < -0.4 is 10.1 Å². The average Bonchev–Trinajstić information content (AvgIpc) is 3.09. The molecule has 2 unspecified atom stereocenters. The Labute approximate surface area is 197 Å². The SMILES string of the molecule is Cc1cn2c(C(=O)NC3CC4CCCC(C3)N4C)c(C)nc2c(OCc2c(F)cccc2F)n1. The van der Waals surface area contributed by atoms with Gasteiger partial charge in [0.25, 0.3) is 11.8 Å². The molecule has 2 aromatic heterocycles. The van der Waals surface area contributed by atoms with Gasteiger partial charge in [0.1, 0.15) is 23.9 Å². The van der Waals surface area contributed by atoms with E-state index >= 15 is 0 Å². The van der Waals surface area contributed by atoms with E-state index in [9.17, 15) is 13.6 Å². The standard InChI is InChI=1S/C25H29F2N5O2/c1-14-12-32-22(24(33)30-16-10-17-6-4-7-18(11-16)31(17)3)15(2)29-23(32)25(28-14)34-13-19-20(26)8-5-9-21(19)27/h5,8-9,12,16-18H,4,6-7,10-11,13H2,1-3H3,(H,30,33). The zero-order valence-electron chi connectivity index (χ0n) is 19.6. The summed E-state index contributed by atoms with van der Waals surface area (Å²) in [5.41, 5.74) is 1.71. The summed E-state index contributed by atoms with van der Waals surface area (Å²) in [6.45, 7) is 3.20. The maximum Gasteiger partial charge on any atom is 0.270 e. The van der Waals surface area contributed by atoms with Gasteiger partial charge in [-0.25, -0.2) is 18.7 Å². The largest absolute Gasteiger partial charge is 0.470 e. The van der Waals surface area contributed by atoms with Crippen LogP contribution in [-0.2, 0) is 6.61 Å². The molecule has 0 saturated carbocycles. The van der Waals surface area contributed by atoms with Gasteiger partial charge >= 0.3 is 0 Å². The summed E-state index contributed by atoms with van der Waals surface area (Å²) >= 11 is 0. The van der Waals surface area contributed by atoms with Crippen molar-refractivity contribution in [2.45, 2.75) is 70.7 Å². The topological polar surface area (TPSA) is 71.8 Å². The van der Waals surface area contributed by atoms with Crippen LogP contribution in [0.5, 0.6) is 5.88 Å². The van der Waals surface area contributed by atoms with Crippen LogP contribution in [0.2, 0.25) is 0 Å². The summed E-state index contributed by atoms with van der Waals surface area (Å²) in [5.74, 6) is -1.44. The van der Waals surface area contributed by atoms with E-state index in [1.54, 1.807) is 24.4 Å². The molecule has 2 bridgehead atoms. The third-order valence-electron chi connectivity index (χ3n) is 7.18. The van der Waals surface area contributed by atoms with Crippen molar-refractivity contribution >= 4 is 11.6 Å². The monoisotopic (exact) mass is 469 g/mol. The molecule has 5 rings (SSSR count). The van der Waals surface area contributed by atoms with Crippen molar-refractivity contribution in [1.29, 1.82) is 0 Å². The molecule has 1 amide bonds. The summed E-state index contributed by atoms with van der Waals surface area (Å²) in [7, 11) is 2.19.